The Morgan fingerprint density at radius 3 is 3.45 bits per heavy atom. The van der Waals surface area contributed by atoms with Gasteiger partial charge in [0.15, 0.2) is 23.4 Å². The third-order valence-corrected chi connectivity index (χ3v) is 5.48. The summed E-state index contributed by atoms with van der Waals surface area (Å²) >= 11 is 0. The Hall–Kier alpha value is -1.55. The van der Waals surface area contributed by atoms with Crippen LogP contribution in [0.1, 0.15) is 45.4 Å². The van der Waals surface area contributed by atoms with Gasteiger partial charge in [-0.3, -0.25) is 4.79 Å². The van der Waals surface area contributed by atoms with Gasteiger partial charge >= 0.3 is 0 Å². The molecule has 0 amide bonds. The molecule has 1 unspecified atom stereocenters. The maximum Gasteiger partial charge on any atom is 0.174 e. The highest BCUT2D eigenvalue weighted by atomic mass is 16.5. The van der Waals surface area contributed by atoms with Gasteiger partial charge in [0.2, 0.25) is 0 Å². The molecule has 1 saturated heterocycles. The number of piperidine rings is 1. The summed E-state index contributed by atoms with van der Waals surface area (Å²) in [5, 5.41) is 0. The molecule has 22 heavy (non-hydrogen) atoms. The quantitative estimate of drug-likeness (QED) is 0.794. The smallest absolute Gasteiger partial charge is 0.174 e. The predicted molar refractivity (Wildman–Crippen MR) is 81.6 cm³/mol. The molecule has 4 heteroatoms. The maximum absolute atomic E-state index is 13.2. The Morgan fingerprint density at radius 2 is 2.59 bits per heavy atom. The number of likely N-dealkylation sites (N-methyl/N-ethyl adjacent to an activating group) is 1. The van der Waals surface area contributed by atoms with E-state index in [0.717, 1.165) is 4.90 Å². The number of ether oxygens (including phenoxy) is 2. The number of hydrogen-bond donors (Lipinski definition) is 0. The minimum atomic E-state index is -2.99. The summed E-state index contributed by atoms with van der Waals surface area (Å²) in [6, 6.07) is -2.03. The summed E-state index contributed by atoms with van der Waals surface area (Å²) in [6.45, 7) is -2.62. The van der Waals surface area contributed by atoms with Crippen molar-refractivity contribution in [2.45, 2.75) is 43.2 Å². The van der Waals surface area contributed by atoms with E-state index >= 15 is 0 Å². The number of carbonyl (C=O) groups excluding carboxylic acids is 1. The molecule has 1 spiro atoms. The highest BCUT2D eigenvalue weighted by molar-refractivity contribution is 5.89. The SMILES string of the molecule is [2H]c1c([2H])c(OC([2H])([2H])[2H])c2c3c1C[C@H]1N(C([2H])([2H])[2H])CC[C@@]34C(O2)C(=O)C([2H])([2H])C[C@@]14[2H]. The molecular weight excluding hydrogens is 278 g/mol. The first-order valence-corrected chi connectivity index (χ1v) is 7.29. The lowest BCUT2D eigenvalue weighted by atomic mass is 9.52. The van der Waals surface area contributed by atoms with Gasteiger partial charge in [-0.15, -0.1) is 0 Å². The zero-order valence-electron chi connectivity index (χ0n) is 22.7. The fraction of sp³-hybridized carbons (Fsp3) is 0.611. The number of hydrogen-bond acceptors (Lipinski definition) is 4. The molecule has 4 nitrogen and oxygen atoms in total. The minimum Gasteiger partial charge on any atom is -0.493 e. The second kappa shape index (κ2) is 4.05. The van der Waals surface area contributed by atoms with Crippen LogP contribution in [0.4, 0.5) is 0 Å². The van der Waals surface area contributed by atoms with Crippen molar-refractivity contribution in [3.63, 3.8) is 0 Å². The largest absolute Gasteiger partial charge is 0.493 e. The molecule has 2 fully saturated rings. The fourth-order valence-corrected chi connectivity index (χ4v) is 4.60. The second-order valence-corrected chi connectivity index (χ2v) is 6.24. The van der Waals surface area contributed by atoms with Crippen LogP contribution in [-0.2, 0) is 16.6 Å². The number of methoxy groups -OCH3 is 1. The van der Waals surface area contributed by atoms with E-state index in [4.69, 9.17) is 23.2 Å². The molecule has 5 rings (SSSR count). The summed E-state index contributed by atoms with van der Waals surface area (Å²) in [7, 11) is -2.99. The van der Waals surface area contributed by atoms with Gasteiger partial charge in [-0.2, -0.15) is 0 Å². The summed E-state index contributed by atoms with van der Waals surface area (Å²) in [6.07, 6.45) is -4.76. The van der Waals surface area contributed by atoms with Crippen molar-refractivity contribution in [2.24, 2.45) is 5.89 Å². The fourth-order valence-electron chi connectivity index (χ4n) is 4.60. The van der Waals surface area contributed by atoms with E-state index in [2.05, 4.69) is 0 Å². The van der Waals surface area contributed by atoms with Crippen molar-refractivity contribution in [1.29, 1.82) is 0 Å². The first-order chi connectivity index (χ1) is 15.0. The number of nitrogens with zero attached hydrogens (tertiary/aromatic N) is 1. The van der Waals surface area contributed by atoms with Crippen LogP contribution in [0.2, 0.25) is 0 Å². The van der Waals surface area contributed by atoms with Crippen LogP contribution < -0.4 is 9.47 Å². The van der Waals surface area contributed by atoms with E-state index in [1.54, 1.807) is 0 Å². The molecule has 0 N–H and O–H groups in total. The first-order valence-electron chi connectivity index (χ1n) is 12.8. The van der Waals surface area contributed by atoms with Crippen molar-refractivity contribution in [1.82, 2.24) is 4.90 Å². The van der Waals surface area contributed by atoms with E-state index in [9.17, 15) is 6.17 Å². The maximum atomic E-state index is 13.2. The Balaban J connectivity index is 1.85. The van der Waals surface area contributed by atoms with Crippen LogP contribution in [0.3, 0.4) is 0 Å². The van der Waals surface area contributed by atoms with Crippen molar-refractivity contribution < 1.29 is 29.3 Å². The number of ketones is 1. The van der Waals surface area contributed by atoms with Crippen LogP contribution in [0, 0.1) is 5.89 Å². The Kier molecular flexibility index (Phi) is 1.13. The molecule has 2 heterocycles. The monoisotopic (exact) mass is 310 g/mol. The molecule has 0 aromatic heterocycles. The molecular formula is C18H21NO3. The third-order valence-electron chi connectivity index (χ3n) is 5.48. The molecule has 4 aliphatic rings. The molecule has 2 aliphatic heterocycles. The normalized spacial score (nSPS) is 52.5. The molecule has 2 aliphatic carbocycles. The molecule has 116 valence electrons. The lowest BCUT2D eigenvalue weighted by Crippen LogP contribution is -2.65. The Labute approximate surface area is 145 Å². The molecule has 1 saturated carbocycles. The molecule has 1 aromatic rings. The average Bonchev–Trinajstić information content (AvgIpc) is 2.96. The summed E-state index contributed by atoms with van der Waals surface area (Å²) < 4.78 is 100. The number of benzene rings is 1. The average molecular weight is 310 g/mol. The minimum absolute atomic E-state index is 0.0256. The standard InChI is InChI=1S/C18H21NO3/c1-19-8-7-18-11-4-5-13(20)17(18)22-16-14(21-2)6-3-10(15(16)18)9-12(11)19/h3,6,11-12,17H,4-5,7-9H2,1-2H3/t11-,12+,17?,18-/m0/s1/i1D3,2D3,3D,5D2,6D,11D. The zero-order chi connectivity index (χ0) is 24.5. The molecule has 0 radical (unpaired) electrons. The van der Waals surface area contributed by atoms with Gasteiger partial charge in [0.1, 0.15) is 0 Å². The molecule has 4 atom stereocenters. The zero-order valence-corrected chi connectivity index (χ0v) is 11.7. The van der Waals surface area contributed by atoms with Gasteiger partial charge in [-0.25, -0.2) is 0 Å². The van der Waals surface area contributed by atoms with E-state index in [-0.39, 0.29) is 42.3 Å². The highest BCUT2D eigenvalue weighted by Gasteiger charge is 2.65. The van der Waals surface area contributed by atoms with Crippen LogP contribution in [-0.4, -0.2) is 43.4 Å². The second-order valence-electron chi connectivity index (χ2n) is 6.24. The van der Waals surface area contributed by atoms with Gasteiger partial charge in [0, 0.05) is 31.6 Å². The lowest BCUT2D eigenvalue weighted by molar-refractivity contribution is -0.138. The van der Waals surface area contributed by atoms with E-state index in [0.29, 0.717) is 0 Å². The van der Waals surface area contributed by atoms with Gasteiger partial charge in [-0.1, -0.05) is 6.04 Å². The van der Waals surface area contributed by atoms with Crippen molar-refractivity contribution in [3.8, 4) is 11.5 Å². The Morgan fingerprint density at radius 1 is 1.64 bits per heavy atom. The van der Waals surface area contributed by atoms with E-state index in [1.807, 2.05) is 0 Å². The summed E-state index contributed by atoms with van der Waals surface area (Å²) in [5.74, 6) is -3.51. The third kappa shape index (κ3) is 1.27. The van der Waals surface area contributed by atoms with Crippen molar-refractivity contribution in [2.75, 3.05) is 20.6 Å². The Bertz CT molecular complexity index is 1080. The van der Waals surface area contributed by atoms with Gasteiger partial charge < -0.3 is 14.4 Å². The van der Waals surface area contributed by atoms with E-state index < -0.39 is 67.8 Å². The number of Topliss-reactive ketones (excluding diaryl/α,β-unsaturated/α-hetero) is 1. The highest BCUT2D eigenvalue weighted by Crippen LogP contribution is 2.62. The van der Waals surface area contributed by atoms with Crippen LogP contribution in [0.5, 0.6) is 11.5 Å². The van der Waals surface area contributed by atoms with Gasteiger partial charge in [0.05, 0.1) is 13.9 Å². The topological polar surface area (TPSA) is 38.8 Å². The first kappa shape index (κ1) is 6.16. The van der Waals surface area contributed by atoms with Gasteiger partial charge in [-0.05, 0) is 50.3 Å². The number of carbonyl (C=O) groups is 1. The van der Waals surface area contributed by atoms with Crippen LogP contribution in [0.25, 0.3) is 0 Å². The predicted octanol–water partition coefficient (Wildman–Crippen LogP) is 1.93. The summed E-state index contributed by atoms with van der Waals surface area (Å²) in [5.41, 5.74) is -1.05. The van der Waals surface area contributed by atoms with E-state index in [1.165, 1.54) is 0 Å². The lowest BCUT2D eigenvalue weighted by Gasteiger charge is -2.57. The number of rotatable bonds is 1. The van der Waals surface area contributed by atoms with Crippen molar-refractivity contribution >= 4 is 5.78 Å². The van der Waals surface area contributed by atoms with Crippen LogP contribution in [0.15, 0.2) is 12.1 Å². The number of likely N-dealkylation sites (tertiary alicyclic amines) is 1. The van der Waals surface area contributed by atoms with Crippen LogP contribution >= 0.6 is 0 Å². The summed E-state index contributed by atoms with van der Waals surface area (Å²) in [4.78, 5) is 14.4. The van der Waals surface area contributed by atoms with Crippen molar-refractivity contribution in [3.05, 3.63) is 23.2 Å². The van der Waals surface area contributed by atoms with Gasteiger partial charge in [0.25, 0.3) is 0 Å². The molecule has 2 bridgehead atoms. The molecule has 1 aromatic carbocycles.